The molecular formula is C15H18F3N3O2. The Morgan fingerprint density at radius 1 is 1.39 bits per heavy atom. The highest BCUT2D eigenvalue weighted by Crippen LogP contribution is 2.32. The molecule has 0 aliphatic carbocycles. The number of ether oxygens (including phenoxy) is 1. The first kappa shape index (κ1) is 16.2. The van der Waals surface area contributed by atoms with Crippen molar-refractivity contribution in [2.24, 2.45) is 0 Å². The van der Waals surface area contributed by atoms with Crippen LogP contribution in [0.3, 0.4) is 0 Å². The van der Waals surface area contributed by atoms with Gasteiger partial charge in [0.1, 0.15) is 0 Å². The molecule has 3 rings (SSSR count). The van der Waals surface area contributed by atoms with Crippen molar-refractivity contribution >= 4 is 5.91 Å². The minimum absolute atomic E-state index is 0.0256. The first-order valence-corrected chi connectivity index (χ1v) is 7.50. The molecule has 2 saturated heterocycles. The highest BCUT2D eigenvalue weighted by molar-refractivity contribution is 5.95. The number of fused-ring (bicyclic) bond motifs is 1. The number of nitrogens with zero attached hydrogens (tertiary/aromatic N) is 3. The van der Waals surface area contributed by atoms with E-state index < -0.39 is 17.6 Å². The Labute approximate surface area is 132 Å². The van der Waals surface area contributed by atoms with Crippen LogP contribution in [0.15, 0.2) is 18.5 Å². The summed E-state index contributed by atoms with van der Waals surface area (Å²) in [6, 6.07) is 1.16. The summed E-state index contributed by atoms with van der Waals surface area (Å²) in [5.41, 5.74) is -1.33. The Morgan fingerprint density at radius 3 is 2.91 bits per heavy atom. The number of hydrogen-bond acceptors (Lipinski definition) is 4. The fraction of sp³-hybridized carbons (Fsp3) is 0.600. The van der Waals surface area contributed by atoms with Gasteiger partial charge >= 0.3 is 6.18 Å². The number of hydrogen-bond donors (Lipinski definition) is 0. The Kier molecular flexibility index (Phi) is 4.29. The van der Waals surface area contributed by atoms with Crippen molar-refractivity contribution < 1.29 is 22.7 Å². The normalized spacial score (nSPS) is 26.0. The van der Waals surface area contributed by atoms with Crippen LogP contribution < -0.4 is 0 Å². The molecule has 0 spiro atoms. The predicted molar refractivity (Wildman–Crippen MR) is 75.9 cm³/mol. The van der Waals surface area contributed by atoms with E-state index in [9.17, 15) is 18.0 Å². The van der Waals surface area contributed by atoms with Crippen LogP contribution in [0.25, 0.3) is 0 Å². The molecule has 2 aliphatic heterocycles. The van der Waals surface area contributed by atoms with Crippen LogP contribution in [0, 0.1) is 0 Å². The van der Waals surface area contributed by atoms with Gasteiger partial charge in [-0.1, -0.05) is 0 Å². The molecule has 126 valence electrons. The largest absolute Gasteiger partial charge is 0.418 e. The maximum Gasteiger partial charge on any atom is 0.418 e. The average Bonchev–Trinajstić information content (AvgIpc) is 2.53. The van der Waals surface area contributed by atoms with E-state index in [1.54, 1.807) is 0 Å². The summed E-state index contributed by atoms with van der Waals surface area (Å²) in [5.74, 6) is -0.600. The third-order valence-corrected chi connectivity index (χ3v) is 4.51. The lowest BCUT2D eigenvalue weighted by Gasteiger charge is -2.45. The SMILES string of the molecule is CN1CCO[C@H]2CCN(C(=O)c3ccncc3C(F)(F)F)C[C@@H]21. The van der Waals surface area contributed by atoms with E-state index in [2.05, 4.69) is 9.88 Å². The number of morpholine rings is 1. The molecule has 1 aromatic heterocycles. The van der Waals surface area contributed by atoms with Gasteiger partial charge in [0.25, 0.3) is 5.91 Å². The van der Waals surface area contributed by atoms with Gasteiger partial charge in [0.15, 0.2) is 0 Å². The molecule has 3 heterocycles. The monoisotopic (exact) mass is 329 g/mol. The fourth-order valence-corrected chi connectivity index (χ4v) is 3.20. The summed E-state index contributed by atoms with van der Waals surface area (Å²) in [4.78, 5) is 19.7. The van der Waals surface area contributed by atoms with Crippen LogP contribution in [0.5, 0.6) is 0 Å². The van der Waals surface area contributed by atoms with Crippen LogP contribution >= 0.6 is 0 Å². The predicted octanol–water partition coefficient (Wildman–Crippen LogP) is 1.65. The third kappa shape index (κ3) is 3.18. The van der Waals surface area contributed by atoms with Crippen molar-refractivity contribution in [2.45, 2.75) is 24.7 Å². The molecular weight excluding hydrogens is 311 g/mol. The first-order chi connectivity index (χ1) is 10.9. The van der Waals surface area contributed by atoms with E-state index >= 15 is 0 Å². The van der Waals surface area contributed by atoms with Gasteiger partial charge in [-0.3, -0.25) is 14.7 Å². The Balaban J connectivity index is 1.82. The number of aromatic nitrogens is 1. The minimum Gasteiger partial charge on any atom is -0.375 e. The van der Waals surface area contributed by atoms with Gasteiger partial charge in [0.05, 0.1) is 29.9 Å². The number of amides is 1. The molecule has 1 amide bonds. The van der Waals surface area contributed by atoms with Gasteiger partial charge in [0.2, 0.25) is 0 Å². The number of halogens is 3. The van der Waals surface area contributed by atoms with Gasteiger partial charge in [-0.25, -0.2) is 0 Å². The summed E-state index contributed by atoms with van der Waals surface area (Å²) in [6.45, 7) is 2.17. The molecule has 0 N–H and O–H groups in total. The number of alkyl halides is 3. The zero-order chi connectivity index (χ0) is 16.6. The topological polar surface area (TPSA) is 45.7 Å². The zero-order valence-electron chi connectivity index (χ0n) is 12.7. The summed E-state index contributed by atoms with van der Waals surface area (Å²) in [6.07, 6.45) is -2.01. The molecule has 0 unspecified atom stereocenters. The lowest BCUT2D eigenvalue weighted by atomic mass is 9.98. The van der Waals surface area contributed by atoms with Crippen molar-refractivity contribution in [3.63, 3.8) is 0 Å². The molecule has 0 radical (unpaired) electrons. The highest BCUT2D eigenvalue weighted by atomic mass is 19.4. The van der Waals surface area contributed by atoms with Gasteiger partial charge in [0, 0.05) is 32.0 Å². The van der Waals surface area contributed by atoms with Crippen molar-refractivity contribution in [1.82, 2.24) is 14.8 Å². The second-order valence-electron chi connectivity index (χ2n) is 5.92. The van der Waals surface area contributed by atoms with Crippen LogP contribution in [0.4, 0.5) is 13.2 Å². The molecule has 0 aromatic carbocycles. The molecule has 0 saturated carbocycles. The number of likely N-dealkylation sites (tertiary alicyclic amines) is 1. The Hall–Kier alpha value is -1.67. The standard InChI is InChI=1S/C15H18F3N3O2/c1-20-6-7-23-13-3-5-21(9-12(13)20)14(22)10-2-4-19-8-11(10)15(16,17)18/h2,4,8,12-13H,3,5-7,9H2,1H3/t12-,13-/m0/s1. The molecule has 8 heteroatoms. The third-order valence-electron chi connectivity index (χ3n) is 4.51. The number of pyridine rings is 1. The van der Waals surface area contributed by atoms with E-state index in [0.717, 1.165) is 12.6 Å². The average molecular weight is 329 g/mol. The molecule has 2 fully saturated rings. The van der Waals surface area contributed by atoms with E-state index in [0.29, 0.717) is 32.3 Å². The second-order valence-corrected chi connectivity index (χ2v) is 5.92. The van der Waals surface area contributed by atoms with Gasteiger partial charge in [-0.05, 0) is 19.5 Å². The molecule has 1 aromatic rings. The lowest BCUT2D eigenvalue weighted by Crippen LogP contribution is -2.59. The summed E-state index contributed by atoms with van der Waals surface area (Å²) >= 11 is 0. The van der Waals surface area contributed by atoms with Crippen LogP contribution in [0.2, 0.25) is 0 Å². The first-order valence-electron chi connectivity index (χ1n) is 7.50. The lowest BCUT2D eigenvalue weighted by molar-refractivity contribution is -0.138. The molecule has 2 atom stereocenters. The maximum absolute atomic E-state index is 13.1. The van der Waals surface area contributed by atoms with Gasteiger partial charge in [-0.2, -0.15) is 13.2 Å². The van der Waals surface area contributed by atoms with E-state index in [1.165, 1.54) is 11.1 Å². The van der Waals surface area contributed by atoms with E-state index in [4.69, 9.17) is 4.74 Å². The van der Waals surface area contributed by atoms with Crippen molar-refractivity contribution in [3.05, 3.63) is 29.6 Å². The molecule has 2 aliphatic rings. The van der Waals surface area contributed by atoms with E-state index in [1.807, 2.05) is 7.05 Å². The quantitative estimate of drug-likeness (QED) is 0.786. The summed E-state index contributed by atoms with van der Waals surface area (Å²) in [5, 5.41) is 0. The number of carbonyl (C=O) groups is 1. The Bertz CT molecular complexity index is 594. The number of likely N-dealkylation sites (N-methyl/N-ethyl adjacent to an activating group) is 1. The second kappa shape index (κ2) is 6.09. The molecule has 0 bridgehead atoms. The minimum atomic E-state index is -4.59. The fourth-order valence-electron chi connectivity index (χ4n) is 3.20. The number of piperidine rings is 1. The smallest absolute Gasteiger partial charge is 0.375 e. The summed E-state index contributed by atoms with van der Waals surface area (Å²) < 4.78 is 44.9. The molecule has 23 heavy (non-hydrogen) atoms. The van der Waals surface area contributed by atoms with Crippen LogP contribution in [-0.4, -0.2) is 66.1 Å². The van der Waals surface area contributed by atoms with Gasteiger partial charge < -0.3 is 9.64 Å². The van der Waals surface area contributed by atoms with E-state index in [-0.39, 0.29) is 17.7 Å². The van der Waals surface area contributed by atoms with Crippen LogP contribution in [0.1, 0.15) is 22.3 Å². The number of rotatable bonds is 1. The van der Waals surface area contributed by atoms with Crippen molar-refractivity contribution in [1.29, 1.82) is 0 Å². The molecule has 5 nitrogen and oxygen atoms in total. The van der Waals surface area contributed by atoms with Crippen LogP contribution in [-0.2, 0) is 10.9 Å². The van der Waals surface area contributed by atoms with Crippen molar-refractivity contribution in [2.75, 3.05) is 33.3 Å². The highest BCUT2D eigenvalue weighted by Gasteiger charge is 2.40. The van der Waals surface area contributed by atoms with Crippen molar-refractivity contribution in [3.8, 4) is 0 Å². The Morgan fingerprint density at radius 2 is 2.17 bits per heavy atom. The maximum atomic E-state index is 13.1. The zero-order valence-corrected chi connectivity index (χ0v) is 12.7. The summed E-state index contributed by atoms with van der Waals surface area (Å²) in [7, 11) is 1.95. The van der Waals surface area contributed by atoms with Gasteiger partial charge in [-0.15, -0.1) is 0 Å². The number of carbonyl (C=O) groups excluding carboxylic acids is 1.